The van der Waals surface area contributed by atoms with Gasteiger partial charge in [-0.1, -0.05) is 29.8 Å². The van der Waals surface area contributed by atoms with Crippen LogP contribution < -0.4 is 10.5 Å². The molecular formula is C13H12ClFN2O2S. The highest BCUT2D eigenvalue weighted by atomic mass is 35.5. The maximum Gasteiger partial charge on any atom is 0.243 e. The predicted octanol–water partition coefficient (Wildman–Crippen LogP) is 2.54. The van der Waals surface area contributed by atoms with Crippen molar-refractivity contribution in [1.82, 2.24) is 4.72 Å². The van der Waals surface area contributed by atoms with Gasteiger partial charge in [-0.3, -0.25) is 0 Å². The van der Waals surface area contributed by atoms with Crippen molar-refractivity contribution in [1.29, 1.82) is 0 Å². The minimum Gasteiger partial charge on any atom is -0.398 e. The first-order valence-electron chi connectivity index (χ1n) is 5.68. The Bertz CT molecular complexity index is 735. The van der Waals surface area contributed by atoms with E-state index in [4.69, 9.17) is 17.3 Å². The minimum absolute atomic E-state index is 0.00202. The van der Waals surface area contributed by atoms with E-state index in [1.54, 1.807) is 24.3 Å². The summed E-state index contributed by atoms with van der Waals surface area (Å²) in [4.78, 5) is -0.287. The standard InChI is InChI=1S/C13H12ClFN2O2S/c14-11-4-2-1-3-9(11)8-17-20(18,19)13-7-10(15)5-6-12(13)16/h1-7,17H,8,16H2. The van der Waals surface area contributed by atoms with E-state index in [0.717, 1.165) is 12.1 Å². The number of anilines is 1. The molecule has 4 nitrogen and oxygen atoms in total. The number of hydrogen-bond acceptors (Lipinski definition) is 3. The normalized spacial score (nSPS) is 11.5. The average molecular weight is 315 g/mol. The number of nitrogen functional groups attached to an aromatic ring is 1. The van der Waals surface area contributed by atoms with E-state index < -0.39 is 15.8 Å². The molecule has 0 saturated heterocycles. The Morgan fingerprint density at radius 3 is 2.60 bits per heavy atom. The van der Waals surface area contributed by atoms with Gasteiger partial charge < -0.3 is 5.73 Å². The molecule has 3 N–H and O–H groups in total. The predicted molar refractivity (Wildman–Crippen MR) is 76.3 cm³/mol. The van der Waals surface area contributed by atoms with Crippen molar-refractivity contribution in [3.8, 4) is 0 Å². The van der Waals surface area contributed by atoms with Gasteiger partial charge in [-0.05, 0) is 29.8 Å². The summed E-state index contributed by atoms with van der Waals surface area (Å²) in [5, 5.41) is 0.447. The maximum atomic E-state index is 13.1. The van der Waals surface area contributed by atoms with Gasteiger partial charge in [0.1, 0.15) is 10.7 Å². The Morgan fingerprint density at radius 1 is 1.20 bits per heavy atom. The van der Waals surface area contributed by atoms with Gasteiger partial charge in [-0.15, -0.1) is 0 Å². The molecule has 0 spiro atoms. The van der Waals surface area contributed by atoms with Crippen LogP contribution in [0.15, 0.2) is 47.4 Å². The van der Waals surface area contributed by atoms with Crippen LogP contribution in [0.25, 0.3) is 0 Å². The lowest BCUT2D eigenvalue weighted by Gasteiger charge is -2.10. The zero-order valence-corrected chi connectivity index (χ0v) is 11.9. The molecule has 0 unspecified atom stereocenters. The molecule has 2 aromatic rings. The Balaban J connectivity index is 2.24. The molecule has 0 heterocycles. The summed E-state index contributed by atoms with van der Waals surface area (Å²) in [6, 6.07) is 10.0. The van der Waals surface area contributed by atoms with Crippen LogP contribution in [0.1, 0.15) is 5.56 Å². The first-order valence-corrected chi connectivity index (χ1v) is 7.54. The summed E-state index contributed by atoms with van der Waals surface area (Å²) < 4.78 is 39.7. The molecule has 0 radical (unpaired) electrons. The molecule has 0 atom stereocenters. The van der Waals surface area contributed by atoms with E-state index in [0.29, 0.717) is 10.6 Å². The van der Waals surface area contributed by atoms with E-state index >= 15 is 0 Å². The van der Waals surface area contributed by atoms with E-state index in [-0.39, 0.29) is 17.1 Å². The van der Waals surface area contributed by atoms with Crippen molar-refractivity contribution in [3.63, 3.8) is 0 Å². The van der Waals surface area contributed by atoms with Gasteiger partial charge in [0.15, 0.2) is 0 Å². The third-order valence-corrected chi connectivity index (χ3v) is 4.50. The molecule has 20 heavy (non-hydrogen) atoms. The van der Waals surface area contributed by atoms with Crippen LogP contribution in [0.3, 0.4) is 0 Å². The van der Waals surface area contributed by atoms with Crippen LogP contribution in [0.2, 0.25) is 5.02 Å². The molecule has 7 heteroatoms. The SMILES string of the molecule is Nc1ccc(F)cc1S(=O)(=O)NCc1ccccc1Cl. The molecule has 0 bridgehead atoms. The molecule has 2 rings (SSSR count). The van der Waals surface area contributed by atoms with Gasteiger partial charge in [0.05, 0.1) is 5.69 Å². The van der Waals surface area contributed by atoms with Gasteiger partial charge in [0, 0.05) is 11.6 Å². The molecule has 0 fully saturated rings. The average Bonchev–Trinajstić information content (AvgIpc) is 2.40. The van der Waals surface area contributed by atoms with Crippen molar-refractivity contribution >= 4 is 27.3 Å². The van der Waals surface area contributed by atoms with Crippen molar-refractivity contribution < 1.29 is 12.8 Å². The fraction of sp³-hybridized carbons (Fsp3) is 0.0769. The zero-order chi connectivity index (χ0) is 14.8. The number of nitrogens with two attached hydrogens (primary N) is 1. The van der Waals surface area contributed by atoms with E-state index in [2.05, 4.69) is 4.72 Å². The number of sulfonamides is 1. The molecule has 0 aliphatic rings. The quantitative estimate of drug-likeness (QED) is 0.852. The second-order valence-corrected chi connectivity index (χ2v) is 6.24. The number of benzene rings is 2. The first kappa shape index (κ1) is 14.8. The minimum atomic E-state index is -3.90. The number of nitrogens with one attached hydrogen (secondary N) is 1. The number of hydrogen-bond donors (Lipinski definition) is 2. The van der Waals surface area contributed by atoms with Crippen LogP contribution >= 0.6 is 11.6 Å². The Morgan fingerprint density at radius 2 is 1.90 bits per heavy atom. The Hall–Kier alpha value is -1.63. The molecule has 0 amide bonds. The molecular weight excluding hydrogens is 303 g/mol. The van der Waals surface area contributed by atoms with Crippen molar-refractivity contribution in [3.05, 3.63) is 58.9 Å². The zero-order valence-electron chi connectivity index (χ0n) is 10.3. The summed E-state index contributed by atoms with van der Waals surface area (Å²) >= 11 is 5.94. The van der Waals surface area contributed by atoms with Crippen LogP contribution in [0.5, 0.6) is 0 Å². The van der Waals surface area contributed by atoms with Crippen LogP contribution in [0, 0.1) is 5.82 Å². The molecule has 0 aliphatic carbocycles. The Labute approximate surface area is 121 Å². The fourth-order valence-electron chi connectivity index (χ4n) is 1.63. The highest BCUT2D eigenvalue weighted by Crippen LogP contribution is 2.20. The van der Waals surface area contributed by atoms with Gasteiger partial charge in [-0.25, -0.2) is 17.5 Å². The highest BCUT2D eigenvalue weighted by Gasteiger charge is 2.18. The third-order valence-electron chi connectivity index (χ3n) is 2.68. The maximum absolute atomic E-state index is 13.1. The van der Waals surface area contributed by atoms with Gasteiger partial charge in [-0.2, -0.15) is 0 Å². The summed E-state index contributed by atoms with van der Waals surface area (Å²) in [7, 11) is -3.90. The largest absolute Gasteiger partial charge is 0.398 e. The number of rotatable bonds is 4. The van der Waals surface area contributed by atoms with Gasteiger partial charge in [0.25, 0.3) is 0 Å². The second kappa shape index (κ2) is 5.78. The van der Waals surface area contributed by atoms with E-state index in [9.17, 15) is 12.8 Å². The Kier molecular flexibility index (Phi) is 4.27. The lowest BCUT2D eigenvalue weighted by atomic mass is 10.2. The smallest absolute Gasteiger partial charge is 0.243 e. The molecule has 0 saturated carbocycles. The first-order chi connectivity index (χ1) is 9.40. The summed E-state index contributed by atoms with van der Waals surface area (Å²) in [6.07, 6.45) is 0. The molecule has 0 aliphatic heterocycles. The molecule has 2 aromatic carbocycles. The fourth-order valence-corrected chi connectivity index (χ4v) is 2.98. The third kappa shape index (κ3) is 3.27. The highest BCUT2D eigenvalue weighted by molar-refractivity contribution is 7.89. The topological polar surface area (TPSA) is 72.2 Å². The molecule has 106 valence electrons. The van der Waals surface area contributed by atoms with Crippen molar-refractivity contribution in [2.45, 2.75) is 11.4 Å². The number of halogens is 2. The summed E-state index contributed by atoms with van der Waals surface area (Å²) in [5.74, 6) is -0.669. The van der Waals surface area contributed by atoms with Crippen molar-refractivity contribution in [2.24, 2.45) is 0 Å². The van der Waals surface area contributed by atoms with Crippen LogP contribution in [-0.4, -0.2) is 8.42 Å². The van der Waals surface area contributed by atoms with E-state index in [1.807, 2.05) is 0 Å². The lowest BCUT2D eigenvalue weighted by Crippen LogP contribution is -2.24. The second-order valence-electron chi connectivity index (χ2n) is 4.10. The van der Waals surface area contributed by atoms with Gasteiger partial charge >= 0.3 is 0 Å². The lowest BCUT2D eigenvalue weighted by molar-refractivity contribution is 0.578. The summed E-state index contributed by atoms with van der Waals surface area (Å²) in [6.45, 7) is -0.00202. The molecule has 0 aromatic heterocycles. The van der Waals surface area contributed by atoms with Gasteiger partial charge in [0.2, 0.25) is 10.0 Å². The monoisotopic (exact) mass is 314 g/mol. The van der Waals surface area contributed by atoms with E-state index in [1.165, 1.54) is 6.07 Å². The summed E-state index contributed by atoms with van der Waals surface area (Å²) in [5.41, 5.74) is 6.17. The van der Waals surface area contributed by atoms with Crippen LogP contribution in [0.4, 0.5) is 10.1 Å². The van der Waals surface area contributed by atoms with Crippen molar-refractivity contribution in [2.75, 3.05) is 5.73 Å². The van der Waals surface area contributed by atoms with Crippen LogP contribution in [-0.2, 0) is 16.6 Å².